The summed E-state index contributed by atoms with van der Waals surface area (Å²) in [5.41, 5.74) is 1.28. The first kappa shape index (κ1) is 36.8. The molecule has 0 saturated heterocycles. The maximum atomic E-state index is 13.6. The molecule has 2 atom stereocenters. The van der Waals surface area contributed by atoms with Gasteiger partial charge in [-0.2, -0.15) is 0 Å². The van der Waals surface area contributed by atoms with E-state index in [0.29, 0.717) is 12.8 Å². The number of esters is 2. The van der Waals surface area contributed by atoms with Crippen LogP contribution >= 0.6 is 0 Å². The molecule has 2 unspecified atom stereocenters. The van der Waals surface area contributed by atoms with E-state index >= 15 is 0 Å². The van der Waals surface area contributed by atoms with Gasteiger partial charge in [0.25, 0.3) is 29.5 Å². The fraction of sp³-hybridized carbons (Fsp3) is 0.600. The van der Waals surface area contributed by atoms with Crippen molar-refractivity contribution in [3.63, 3.8) is 0 Å². The lowest BCUT2D eigenvalue weighted by molar-refractivity contribution is -0.179. The number of unbranched alkanes of at least 4 members (excludes halogenated alkanes) is 2. The highest BCUT2D eigenvalue weighted by atomic mass is 16.6. The second-order valence-corrected chi connectivity index (χ2v) is 12.6. The minimum absolute atomic E-state index is 0.0450. The van der Waals surface area contributed by atoms with Gasteiger partial charge in [0.2, 0.25) is 11.4 Å². The summed E-state index contributed by atoms with van der Waals surface area (Å²) in [4.78, 5) is 103. The lowest BCUT2D eigenvalue weighted by atomic mass is 9.82. The van der Waals surface area contributed by atoms with Gasteiger partial charge in [0.1, 0.15) is 11.2 Å². The van der Waals surface area contributed by atoms with Crippen molar-refractivity contribution in [2.24, 2.45) is 11.7 Å². The number of nitrogens with zero attached hydrogens (tertiary/aromatic N) is 2. The van der Waals surface area contributed by atoms with Crippen molar-refractivity contribution in [1.82, 2.24) is 20.4 Å². The summed E-state index contributed by atoms with van der Waals surface area (Å²) in [5, 5.41) is 4.98. The number of rotatable bonds is 15. The van der Waals surface area contributed by atoms with Crippen LogP contribution in [-0.4, -0.2) is 100 Å². The zero-order chi connectivity index (χ0) is 34.2. The number of carbonyl (C=O) groups excluding carboxylic acids is 8. The van der Waals surface area contributed by atoms with E-state index in [1.807, 2.05) is 0 Å². The van der Waals surface area contributed by atoms with E-state index in [-0.39, 0.29) is 39.0 Å². The molecule has 6 amide bonds. The number of nitrogens with one attached hydrogen (secondary N) is 2. The van der Waals surface area contributed by atoms with E-state index < -0.39 is 70.0 Å². The molecule has 0 saturated carbocycles. The third-order valence-electron chi connectivity index (χ3n) is 6.48. The van der Waals surface area contributed by atoms with Gasteiger partial charge >= 0.3 is 11.9 Å². The molecule has 0 radical (unpaired) electrons. The number of carbonyl (C=O) groups is 8. The van der Waals surface area contributed by atoms with Crippen molar-refractivity contribution < 1.29 is 47.8 Å². The van der Waals surface area contributed by atoms with Crippen LogP contribution in [0.1, 0.15) is 67.2 Å². The highest BCUT2D eigenvalue weighted by Gasteiger charge is 2.59. The second-order valence-electron chi connectivity index (χ2n) is 12.6. The summed E-state index contributed by atoms with van der Waals surface area (Å²) >= 11 is 0. The van der Waals surface area contributed by atoms with E-state index in [4.69, 9.17) is 15.2 Å². The Labute approximate surface area is 261 Å². The van der Waals surface area contributed by atoms with Gasteiger partial charge in [0.15, 0.2) is 5.92 Å². The van der Waals surface area contributed by atoms with Crippen LogP contribution in [0.15, 0.2) is 24.3 Å². The Morgan fingerprint density at radius 1 is 0.689 bits per heavy atom. The average molecular weight is 634 g/mol. The highest BCUT2D eigenvalue weighted by molar-refractivity contribution is 6.17. The van der Waals surface area contributed by atoms with Gasteiger partial charge in [-0.3, -0.25) is 43.4 Å². The van der Waals surface area contributed by atoms with Crippen LogP contribution in [0.4, 0.5) is 0 Å². The van der Waals surface area contributed by atoms with E-state index in [0.717, 1.165) is 34.1 Å². The Kier molecular flexibility index (Phi) is 12.3. The standard InChI is InChI=1S/C30H43N5O10/c1-28(2,3)44-25(41)23(24(40)32-15-7-9-17-34-19(36)11-12-20(34)37)30(31,27(43)45-29(4,5)6)26(42)33-16-8-10-18-35-21(38)13-14-22(35)39/h11-14,23H,7-10,15-18,31H2,1-6H3,(H,32,40)(H,33,42). The molecule has 2 rings (SSSR count). The maximum absolute atomic E-state index is 13.6. The van der Waals surface area contributed by atoms with Gasteiger partial charge in [0.05, 0.1) is 0 Å². The monoisotopic (exact) mass is 633 g/mol. The molecule has 15 nitrogen and oxygen atoms in total. The molecule has 0 aliphatic carbocycles. The molecule has 2 heterocycles. The summed E-state index contributed by atoms with van der Waals surface area (Å²) < 4.78 is 10.8. The molecule has 2 aliphatic heterocycles. The van der Waals surface area contributed by atoms with E-state index in [2.05, 4.69) is 10.6 Å². The Balaban J connectivity index is 2.20. The molecule has 0 aromatic heterocycles. The smallest absolute Gasteiger partial charge is 0.337 e. The Morgan fingerprint density at radius 2 is 1.09 bits per heavy atom. The maximum Gasteiger partial charge on any atom is 0.337 e. The van der Waals surface area contributed by atoms with Gasteiger partial charge in [-0.05, 0) is 67.2 Å². The van der Waals surface area contributed by atoms with Gasteiger partial charge in [-0.1, -0.05) is 0 Å². The molecular weight excluding hydrogens is 590 g/mol. The summed E-state index contributed by atoms with van der Waals surface area (Å²) in [6, 6.07) is 0. The number of hydrogen-bond acceptors (Lipinski definition) is 11. The molecule has 0 fully saturated rings. The third kappa shape index (κ3) is 10.3. The molecule has 0 bridgehead atoms. The van der Waals surface area contributed by atoms with Crippen LogP contribution < -0.4 is 16.4 Å². The Bertz CT molecular complexity index is 1240. The van der Waals surface area contributed by atoms with Gasteiger partial charge < -0.3 is 25.8 Å². The SMILES string of the molecule is CC(C)(C)OC(=O)C(C(=O)NCCCCN1C(=O)C=CC1=O)C(N)(C(=O)NCCCCN1C(=O)C=CC1=O)C(=O)OC(C)(C)C. The van der Waals surface area contributed by atoms with Crippen LogP contribution in [0.25, 0.3) is 0 Å². The topological polar surface area (TPSA) is 212 Å². The van der Waals surface area contributed by atoms with Crippen molar-refractivity contribution in [2.75, 3.05) is 26.2 Å². The molecule has 4 N–H and O–H groups in total. The predicted octanol–water partition coefficient (Wildman–Crippen LogP) is -0.374. The van der Waals surface area contributed by atoms with Crippen molar-refractivity contribution in [2.45, 2.75) is 84.0 Å². The van der Waals surface area contributed by atoms with Gasteiger partial charge in [-0.15, -0.1) is 0 Å². The summed E-state index contributed by atoms with van der Waals surface area (Å²) in [7, 11) is 0. The van der Waals surface area contributed by atoms with Crippen LogP contribution in [0.5, 0.6) is 0 Å². The van der Waals surface area contributed by atoms with Crippen LogP contribution in [0, 0.1) is 5.92 Å². The van der Waals surface area contributed by atoms with E-state index in [1.165, 1.54) is 41.5 Å². The van der Waals surface area contributed by atoms with Crippen LogP contribution in [0.3, 0.4) is 0 Å². The average Bonchev–Trinajstić information content (AvgIpc) is 3.40. The van der Waals surface area contributed by atoms with Crippen molar-refractivity contribution in [3.8, 4) is 0 Å². The Morgan fingerprint density at radius 3 is 1.49 bits per heavy atom. The first-order valence-corrected chi connectivity index (χ1v) is 14.7. The lowest BCUT2D eigenvalue weighted by Crippen LogP contribution is -2.70. The van der Waals surface area contributed by atoms with Crippen molar-refractivity contribution in [1.29, 1.82) is 0 Å². The number of ether oxygens (including phenoxy) is 2. The number of imide groups is 2. The van der Waals surface area contributed by atoms with Crippen LogP contribution in [-0.2, 0) is 47.8 Å². The predicted molar refractivity (Wildman–Crippen MR) is 158 cm³/mol. The van der Waals surface area contributed by atoms with Crippen molar-refractivity contribution >= 4 is 47.4 Å². The van der Waals surface area contributed by atoms with E-state index in [9.17, 15) is 38.4 Å². The minimum atomic E-state index is -2.86. The largest absolute Gasteiger partial charge is 0.459 e. The fourth-order valence-electron chi connectivity index (χ4n) is 4.32. The lowest BCUT2D eigenvalue weighted by Gasteiger charge is -2.35. The second kappa shape index (κ2) is 15.1. The highest BCUT2D eigenvalue weighted by Crippen LogP contribution is 2.25. The van der Waals surface area contributed by atoms with E-state index in [1.54, 1.807) is 0 Å². The normalized spacial score (nSPS) is 17.0. The molecule has 15 heteroatoms. The first-order valence-electron chi connectivity index (χ1n) is 14.7. The van der Waals surface area contributed by atoms with Crippen LogP contribution in [0.2, 0.25) is 0 Å². The minimum Gasteiger partial charge on any atom is -0.459 e. The summed E-state index contributed by atoms with van der Waals surface area (Å²) in [6.45, 7) is 9.25. The Hall–Kier alpha value is -4.40. The number of nitrogens with two attached hydrogens (primary N) is 1. The zero-order valence-electron chi connectivity index (χ0n) is 26.6. The molecule has 0 aromatic rings. The fourth-order valence-corrected chi connectivity index (χ4v) is 4.32. The third-order valence-corrected chi connectivity index (χ3v) is 6.48. The molecule has 0 spiro atoms. The molecular formula is C30H43N5O10. The molecule has 0 aromatic carbocycles. The quantitative estimate of drug-likeness (QED) is 0.0916. The first-order chi connectivity index (χ1) is 20.8. The zero-order valence-corrected chi connectivity index (χ0v) is 26.6. The van der Waals surface area contributed by atoms with Gasteiger partial charge in [-0.25, -0.2) is 4.79 Å². The molecule has 45 heavy (non-hydrogen) atoms. The summed E-state index contributed by atoms with van der Waals surface area (Å²) in [5.74, 6) is -8.76. The number of amides is 6. The summed E-state index contributed by atoms with van der Waals surface area (Å²) in [6.07, 6.45) is 5.79. The van der Waals surface area contributed by atoms with Gasteiger partial charge in [0, 0.05) is 50.5 Å². The van der Waals surface area contributed by atoms with Crippen molar-refractivity contribution in [3.05, 3.63) is 24.3 Å². The molecule has 248 valence electrons. The number of hydrogen-bond donors (Lipinski definition) is 3. The molecule has 2 aliphatic rings.